The van der Waals surface area contributed by atoms with Crippen LogP contribution in [-0.2, 0) is 0 Å². The highest BCUT2D eigenvalue weighted by molar-refractivity contribution is 9.10. The first-order valence-electron chi connectivity index (χ1n) is 6.78. The minimum atomic E-state index is -0.429. The second-order valence-electron chi connectivity index (χ2n) is 5.57. The lowest BCUT2D eigenvalue weighted by atomic mass is 9.83. The molecule has 1 atom stereocenters. The fraction of sp³-hybridized carbons (Fsp3) is 0.600. The molecule has 1 fully saturated rings. The van der Waals surface area contributed by atoms with Crippen LogP contribution >= 0.6 is 15.9 Å². The third-order valence-corrected chi connectivity index (χ3v) is 4.41. The molecular weight excluding hydrogens is 290 g/mol. The van der Waals surface area contributed by atoms with E-state index in [0.717, 1.165) is 10.0 Å². The van der Waals surface area contributed by atoms with Gasteiger partial charge in [-0.3, -0.25) is 0 Å². The van der Waals surface area contributed by atoms with E-state index in [1.54, 1.807) is 0 Å². The normalized spacial score (nSPS) is 20.6. The van der Waals surface area contributed by atoms with E-state index in [-0.39, 0.29) is 5.54 Å². The number of aliphatic hydroxyl groups excluding tert-OH is 1. The lowest BCUT2D eigenvalue weighted by molar-refractivity contribution is 0.146. The van der Waals surface area contributed by atoms with E-state index in [9.17, 15) is 5.11 Å². The molecule has 3 heteroatoms. The van der Waals surface area contributed by atoms with Crippen LogP contribution in [0.1, 0.15) is 50.7 Å². The predicted molar refractivity (Wildman–Crippen MR) is 78.6 cm³/mol. The Morgan fingerprint density at radius 3 is 2.72 bits per heavy atom. The molecule has 1 saturated carbocycles. The van der Waals surface area contributed by atoms with E-state index in [1.165, 1.54) is 32.1 Å². The van der Waals surface area contributed by atoms with Gasteiger partial charge in [-0.05, 0) is 37.5 Å². The Morgan fingerprint density at radius 1 is 1.33 bits per heavy atom. The van der Waals surface area contributed by atoms with E-state index in [1.807, 2.05) is 24.3 Å². The third-order valence-electron chi connectivity index (χ3n) is 3.91. The molecule has 0 spiro atoms. The Kier molecular flexibility index (Phi) is 4.82. The molecule has 0 radical (unpaired) electrons. The molecule has 1 aromatic carbocycles. The van der Waals surface area contributed by atoms with Crippen LogP contribution < -0.4 is 5.32 Å². The molecule has 1 aliphatic carbocycles. The second-order valence-corrected chi connectivity index (χ2v) is 6.49. The fourth-order valence-electron chi connectivity index (χ4n) is 2.68. The Bertz CT molecular complexity index is 388. The van der Waals surface area contributed by atoms with Crippen molar-refractivity contribution < 1.29 is 5.11 Å². The average Bonchev–Trinajstić information content (AvgIpc) is 2.37. The minimum absolute atomic E-state index is 0.214. The van der Waals surface area contributed by atoms with Gasteiger partial charge in [-0.15, -0.1) is 0 Å². The van der Waals surface area contributed by atoms with Gasteiger partial charge in [-0.25, -0.2) is 0 Å². The molecule has 2 nitrogen and oxygen atoms in total. The van der Waals surface area contributed by atoms with Crippen LogP contribution in [0.5, 0.6) is 0 Å². The average molecular weight is 312 g/mol. The van der Waals surface area contributed by atoms with Crippen molar-refractivity contribution in [3.8, 4) is 0 Å². The zero-order valence-corrected chi connectivity index (χ0v) is 12.5. The molecule has 0 bridgehead atoms. The second kappa shape index (κ2) is 6.18. The van der Waals surface area contributed by atoms with Crippen molar-refractivity contribution in [2.75, 3.05) is 6.54 Å². The molecule has 0 amide bonds. The first-order valence-corrected chi connectivity index (χ1v) is 7.57. The van der Waals surface area contributed by atoms with Crippen molar-refractivity contribution in [3.05, 3.63) is 34.3 Å². The quantitative estimate of drug-likeness (QED) is 0.886. The van der Waals surface area contributed by atoms with Gasteiger partial charge in [0.25, 0.3) is 0 Å². The van der Waals surface area contributed by atoms with Gasteiger partial charge in [0.2, 0.25) is 0 Å². The van der Waals surface area contributed by atoms with Gasteiger partial charge in [0, 0.05) is 16.6 Å². The number of halogens is 1. The Labute approximate surface area is 118 Å². The van der Waals surface area contributed by atoms with Gasteiger partial charge in [-0.2, -0.15) is 0 Å². The molecular formula is C15H22BrNO. The summed E-state index contributed by atoms with van der Waals surface area (Å²) in [5.74, 6) is 0. The minimum Gasteiger partial charge on any atom is -0.387 e. The van der Waals surface area contributed by atoms with Crippen LogP contribution in [-0.4, -0.2) is 17.2 Å². The van der Waals surface area contributed by atoms with Gasteiger partial charge in [0.15, 0.2) is 0 Å². The molecule has 0 heterocycles. The maximum absolute atomic E-state index is 10.2. The van der Waals surface area contributed by atoms with E-state index in [4.69, 9.17) is 0 Å². The summed E-state index contributed by atoms with van der Waals surface area (Å²) in [6, 6.07) is 7.90. The van der Waals surface area contributed by atoms with Crippen molar-refractivity contribution in [1.82, 2.24) is 5.32 Å². The van der Waals surface area contributed by atoms with Crippen molar-refractivity contribution in [2.24, 2.45) is 0 Å². The molecule has 2 N–H and O–H groups in total. The van der Waals surface area contributed by atoms with Crippen LogP contribution in [0.25, 0.3) is 0 Å². The van der Waals surface area contributed by atoms with Gasteiger partial charge in [-0.1, -0.05) is 47.3 Å². The van der Waals surface area contributed by atoms with Gasteiger partial charge in [0.05, 0.1) is 6.10 Å². The monoisotopic (exact) mass is 311 g/mol. The molecule has 1 unspecified atom stereocenters. The van der Waals surface area contributed by atoms with E-state index in [0.29, 0.717) is 6.54 Å². The Morgan fingerprint density at radius 2 is 2.06 bits per heavy atom. The number of nitrogens with one attached hydrogen (secondary N) is 1. The fourth-order valence-corrected chi connectivity index (χ4v) is 3.10. The summed E-state index contributed by atoms with van der Waals surface area (Å²) in [4.78, 5) is 0. The summed E-state index contributed by atoms with van der Waals surface area (Å²) < 4.78 is 1.02. The summed E-state index contributed by atoms with van der Waals surface area (Å²) in [6.07, 6.45) is 5.97. The highest BCUT2D eigenvalue weighted by atomic mass is 79.9. The largest absolute Gasteiger partial charge is 0.387 e. The van der Waals surface area contributed by atoms with Gasteiger partial charge in [0.1, 0.15) is 0 Å². The third kappa shape index (κ3) is 3.81. The smallest absolute Gasteiger partial charge is 0.0914 e. The number of rotatable bonds is 4. The molecule has 100 valence electrons. The summed E-state index contributed by atoms with van der Waals surface area (Å²) in [7, 11) is 0. The van der Waals surface area contributed by atoms with E-state index >= 15 is 0 Å². The van der Waals surface area contributed by atoms with Crippen molar-refractivity contribution in [3.63, 3.8) is 0 Å². The maximum Gasteiger partial charge on any atom is 0.0914 e. The van der Waals surface area contributed by atoms with Crippen molar-refractivity contribution in [1.29, 1.82) is 0 Å². The van der Waals surface area contributed by atoms with Gasteiger partial charge < -0.3 is 10.4 Å². The molecule has 0 saturated heterocycles. The lowest BCUT2D eigenvalue weighted by Crippen LogP contribution is -2.45. The van der Waals surface area contributed by atoms with E-state index < -0.39 is 6.10 Å². The van der Waals surface area contributed by atoms with Crippen molar-refractivity contribution in [2.45, 2.75) is 50.7 Å². The SMILES string of the molecule is CC1(NCC(O)c2cccc(Br)c2)CCCCC1. The number of hydrogen-bond acceptors (Lipinski definition) is 2. The topological polar surface area (TPSA) is 32.3 Å². The number of β-amino-alcohol motifs (C(OH)–C–C–N with tert-alkyl or cyclic N) is 1. The Hall–Kier alpha value is -0.380. The van der Waals surface area contributed by atoms with Crippen LogP contribution in [0, 0.1) is 0 Å². The van der Waals surface area contributed by atoms with Crippen LogP contribution in [0.15, 0.2) is 28.7 Å². The molecule has 0 aromatic heterocycles. The molecule has 1 aliphatic rings. The predicted octanol–water partition coefficient (Wildman–Crippen LogP) is 3.79. The maximum atomic E-state index is 10.2. The Balaban J connectivity index is 1.89. The van der Waals surface area contributed by atoms with Crippen LogP contribution in [0.4, 0.5) is 0 Å². The molecule has 2 rings (SSSR count). The summed E-state index contributed by atoms with van der Waals surface area (Å²) in [6.45, 7) is 2.91. The summed E-state index contributed by atoms with van der Waals surface area (Å²) >= 11 is 3.44. The number of hydrogen-bond donors (Lipinski definition) is 2. The number of benzene rings is 1. The summed E-state index contributed by atoms with van der Waals surface area (Å²) in [5.41, 5.74) is 1.18. The summed E-state index contributed by atoms with van der Waals surface area (Å²) in [5, 5.41) is 13.8. The first-order chi connectivity index (χ1) is 8.59. The molecule has 1 aromatic rings. The standard InChI is InChI=1S/C15H22BrNO/c1-15(8-3-2-4-9-15)17-11-14(18)12-6-5-7-13(16)10-12/h5-7,10,14,17-18H,2-4,8-9,11H2,1H3. The zero-order chi connectivity index (χ0) is 13.0. The zero-order valence-electron chi connectivity index (χ0n) is 11.0. The highest BCUT2D eigenvalue weighted by Gasteiger charge is 2.26. The van der Waals surface area contributed by atoms with Gasteiger partial charge >= 0.3 is 0 Å². The van der Waals surface area contributed by atoms with Crippen LogP contribution in [0.2, 0.25) is 0 Å². The highest BCUT2D eigenvalue weighted by Crippen LogP contribution is 2.28. The number of aliphatic hydroxyl groups is 1. The molecule has 18 heavy (non-hydrogen) atoms. The van der Waals surface area contributed by atoms with E-state index in [2.05, 4.69) is 28.2 Å². The molecule has 0 aliphatic heterocycles. The first kappa shape index (κ1) is 14.0. The van der Waals surface area contributed by atoms with Crippen LogP contribution in [0.3, 0.4) is 0 Å². The lowest BCUT2D eigenvalue weighted by Gasteiger charge is -2.35. The van der Waals surface area contributed by atoms with Crippen molar-refractivity contribution >= 4 is 15.9 Å².